The number of Topliss-reactive ketones (excluding diaryl/α,β-unsaturated/α-hetero) is 1. The number of carbonyl (C=O) groups is 3. The minimum atomic E-state index is -2.02. The van der Waals surface area contributed by atoms with E-state index in [1.54, 1.807) is 46.8 Å². The lowest BCUT2D eigenvalue weighted by molar-refractivity contribution is -0.160. The van der Waals surface area contributed by atoms with Crippen molar-refractivity contribution in [3.05, 3.63) is 52.8 Å². The number of anilines is 1. The first-order valence-corrected chi connectivity index (χ1v) is 19.2. The van der Waals surface area contributed by atoms with Crippen LogP contribution >= 0.6 is 0 Å². The van der Waals surface area contributed by atoms with Gasteiger partial charge in [0.1, 0.15) is 23.4 Å². The van der Waals surface area contributed by atoms with Crippen LogP contribution in [0, 0.1) is 30.6 Å². The van der Waals surface area contributed by atoms with Gasteiger partial charge in [0, 0.05) is 86.3 Å². The Kier molecular flexibility index (Phi) is 13.3. The van der Waals surface area contributed by atoms with Crippen LogP contribution in [-0.2, 0) is 35.1 Å². The highest BCUT2D eigenvalue weighted by Crippen LogP contribution is 2.55. The molecule has 2 aromatic carbocycles. The zero-order valence-corrected chi connectivity index (χ0v) is 34.0. The van der Waals surface area contributed by atoms with Crippen molar-refractivity contribution in [2.75, 3.05) is 38.7 Å². The fourth-order valence-corrected chi connectivity index (χ4v) is 7.92. The van der Waals surface area contributed by atoms with Gasteiger partial charge < -0.3 is 54.5 Å². The number of morpholine rings is 1. The number of ether oxygens (including phenoxy) is 5. The average molecular weight is 797 g/mol. The summed E-state index contributed by atoms with van der Waals surface area (Å²) in [6.07, 6.45) is 3.66. The molecule has 4 aliphatic heterocycles. The summed E-state index contributed by atoms with van der Waals surface area (Å²) in [5.74, 6) is -7.98. The number of ketones is 1. The smallest absolute Gasteiger partial charge is 0.312 e. The number of benzene rings is 2. The number of nitrogens with one attached hydrogen (secondary N) is 1. The molecule has 57 heavy (non-hydrogen) atoms. The van der Waals surface area contributed by atoms with Gasteiger partial charge in [0.2, 0.25) is 0 Å². The third kappa shape index (κ3) is 8.49. The van der Waals surface area contributed by atoms with Gasteiger partial charge in [-0.3, -0.25) is 19.3 Å². The summed E-state index contributed by atoms with van der Waals surface area (Å²) in [4.78, 5) is 42.4. The standard InChI is InChI=1S/C42H56N2O13/c1-20-11-10-12-21(2)41(52)43-32-27(19-44-14-17-54-18-15-44)36(49)29-30(37(32)50)35(48)25(6)39-31(29)40(51)42(8,57-39)55-16-13-28(53-9)22(3)38(56-26(7)45)24(5)34(47)23(4)33(20)46/h10-13,16,20,22-24,28,33-34,38,46-50H,14-15,17-19H2,1-9H3,(H,43,52). The topological polar surface area (TPSA) is 214 Å². The number of phenolic OH excluding ortho intramolecular Hbond substituents is 3. The molecule has 0 spiro atoms. The largest absolute Gasteiger partial charge is 0.507 e. The molecule has 312 valence electrons. The molecule has 0 aromatic heterocycles. The molecule has 0 radical (unpaired) electrons. The van der Waals surface area contributed by atoms with Crippen LogP contribution in [0.3, 0.4) is 0 Å². The first kappa shape index (κ1) is 43.5. The SMILES string of the molecule is COC1C=COC2(C)Oc3c(C)c(O)c4c(O)c(c(CN5CCOCC5)c(O)c4c3C2=O)NC(=O)C(C)=CC=CC(C)C(O)C(C)C(O)C(C)C(OC(C)=O)C1C. The van der Waals surface area contributed by atoms with Crippen LogP contribution in [0.4, 0.5) is 5.69 Å². The molecule has 15 nitrogen and oxygen atoms in total. The van der Waals surface area contributed by atoms with Gasteiger partial charge in [0.15, 0.2) is 5.75 Å². The predicted octanol–water partition coefficient (Wildman–Crippen LogP) is 4.59. The van der Waals surface area contributed by atoms with Gasteiger partial charge in [-0.25, -0.2) is 0 Å². The lowest BCUT2D eigenvalue weighted by Gasteiger charge is -2.38. The number of carbonyl (C=O) groups excluding carboxylic acids is 3. The van der Waals surface area contributed by atoms with Crippen molar-refractivity contribution in [3.63, 3.8) is 0 Å². The molecule has 1 amide bonds. The number of phenols is 3. The molecule has 0 aliphatic carbocycles. The van der Waals surface area contributed by atoms with Gasteiger partial charge in [0.05, 0.1) is 54.4 Å². The van der Waals surface area contributed by atoms with Crippen LogP contribution in [0.1, 0.15) is 70.0 Å². The molecular weight excluding hydrogens is 740 g/mol. The average Bonchev–Trinajstić information content (AvgIpc) is 3.44. The van der Waals surface area contributed by atoms with Crippen molar-refractivity contribution in [2.24, 2.45) is 23.7 Å². The highest BCUT2D eigenvalue weighted by molar-refractivity contribution is 6.22. The van der Waals surface area contributed by atoms with Gasteiger partial charge in [-0.2, -0.15) is 0 Å². The number of aliphatic hydroxyl groups excluding tert-OH is 2. The Balaban J connectivity index is 1.70. The number of hydrogen-bond acceptors (Lipinski definition) is 14. The number of allylic oxidation sites excluding steroid dienone is 2. The second-order valence-corrected chi connectivity index (χ2v) is 15.6. The molecule has 6 rings (SSSR count). The molecule has 4 aliphatic rings. The van der Waals surface area contributed by atoms with Crippen LogP contribution in [0.5, 0.6) is 23.0 Å². The number of amides is 1. The Bertz CT molecular complexity index is 1970. The zero-order valence-electron chi connectivity index (χ0n) is 34.0. The lowest BCUT2D eigenvalue weighted by Crippen LogP contribution is -2.46. The summed E-state index contributed by atoms with van der Waals surface area (Å²) in [7, 11) is 1.44. The normalized spacial score (nSPS) is 30.5. The quantitative estimate of drug-likeness (QED) is 0.142. The van der Waals surface area contributed by atoms with Crippen LogP contribution < -0.4 is 10.1 Å². The predicted molar refractivity (Wildman–Crippen MR) is 210 cm³/mol. The molecular formula is C42H56N2O13. The van der Waals surface area contributed by atoms with E-state index in [4.69, 9.17) is 23.7 Å². The van der Waals surface area contributed by atoms with E-state index in [1.807, 2.05) is 4.90 Å². The third-order valence-corrected chi connectivity index (χ3v) is 11.6. The van der Waals surface area contributed by atoms with Crippen molar-refractivity contribution in [3.8, 4) is 23.0 Å². The summed E-state index contributed by atoms with van der Waals surface area (Å²) in [6, 6.07) is 0. The van der Waals surface area contributed by atoms with Gasteiger partial charge in [-0.05, 0) is 19.9 Å². The van der Waals surface area contributed by atoms with Crippen molar-refractivity contribution in [2.45, 2.75) is 92.1 Å². The Morgan fingerprint density at radius 3 is 2.25 bits per heavy atom. The summed E-state index contributed by atoms with van der Waals surface area (Å²) >= 11 is 0. The number of methoxy groups -OCH3 is 1. The highest BCUT2D eigenvalue weighted by atomic mass is 16.7. The lowest BCUT2D eigenvalue weighted by atomic mass is 9.78. The van der Waals surface area contributed by atoms with Gasteiger partial charge >= 0.3 is 11.8 Å². The third-order valence-electron chi connectivity index (χ3n) is 11.6. The number of nitrogens with zero attached hydrogens (tertiary/aromatic N) is 1. The zero-order chi connectivity index (χ0) is 42.1. The van der Waals surface area contributed by atoms with Gasteiger partial charge in [-0.1, -0.05) is 45.9 Å². The van der Waals surface area contributed by atoms with Crippen LogP contribution in [0.2, 0.25) is 0 Å². The van der Waals surface area contributed by atoms with Crippen molar-refractivity contribution < 1.29 is 63.6 Å². The number of fused-ring (bicyclic) bond motifs is 14. The van der Waals surface area contributed by atoms with Crippen LogP contribution in [0.25, 0.3) is 10.8 Å². The molecule has 15 heteroatoms. The second kappa shape index (κ2) is 17.4. The molecule has 9 atom stereocenters. The molecule has 0 saturated carbocycles. The van der Waals surface area contributed by atoms with E-state index < -0.39 is 88.8 Å². The summed E-state index contributed by atoms with van der Waals surface area (Å²) in [5.41, 5.74) is 0.0787. The minimum Gasteiger partial charge on any atom is -0.507 e. The molecule has 6 N–H and O–H groups in total. The van der Waals surface area contributed by atoms with E-state index in [0.29, 0.717) is 26.3 Å². The van der Waals surface area contributed by atoms with Crippen LogP contribution in [-0.4, -0.2) is 112 Å². The molecule has 9 unspecified atom stereocenters. The maximum Gasteiger partial charge on any atom is 0.312 e. The maximum atomic E-state index is 14.4. The van der Waals surface area contributed by atoms with E-state index in [9.17, 15) is 39.9 Å². The van der Waals surface area contributed by atoms with E-state index in [1.165, 1.54) is 46.3 Å². The Morgan fingerprint density at radius 2 is 1.61 bits per heavy atom. The van der Waals surface area contributed by atoms with Crippen LogP contribution in [0.15, 0.2) is 36.1 Å². The van der Waals surface area contributed by atoms with E-state index in [0.717, 1.165) is 0 Å². The van der Waals surface area contributed by atoms with E-state index in [2.05, 4.69) is 5.32 Å². The first-order valence-electron chi connectivity index (χ1n) is 19.2. The summed E-state index contributed by atoms with van der Waals surface area (Å²) in [6.45, 7) is 14.4. The Morgan fingerprint density at radius 1 is 0.947 bits per heavy atom. The molecule has 5 bridgehead atoms. The minimum absolute atomic E-state index is 0.0366. The Labute approximate surface area is 332 Å². The molecule has 2 aromatic rings. The molecule has 1 fully saturated rings. The van der Waals surface area contributed by atoms with Crippen molar-refractivity contribution in [1.29, 1.82) is 0 Å². The van der Waals surface area contributed by atoms with Gasteiger partial charge in [-0.15, -0.1) is 0 Å². The monoisotopic (exact) mass is 796 g/mol. The van der Waals surface area contributed by atoms with Crippen molar-refractivity contribution >= 4 is 34.1 Å². The van der Waals surface area contributed by atoms with Crippen molar-refractivity contribution in [1.82, 2.24) is 4.90 Å². The van der Waals surface area contributed by atoms with E-state index >= 15 is 0 Å². The number of rotatable bonds is 4. The number of esters is 1. The number of aromatic hydroxyl groups is 3. The maximum absolute atomic E-state index is 14.4. The Hall–Kier alpha value is -4.67. The highest BCUT2D eigenvalue weighted by Gasteiger charge is 2.50. The number of hydrogen-bond donors (Lipinski definition) is 6. The van der Waals surface area contributed by atoms with E-state index in [-0.39, 0.29) is 51.0 Å². The first-order chi connectivity index (χ1) is 26.8. The summed E-state index contributed by atoms with van der Waals surface area (Å²) < 4.78 is 29.1. The fourth-order valence-electron chi connectivity index (χ4n) is 7.92. The second-order valence-electron chi connectivity index (χ2n) is 15.6. The van der Waals surface area contributed by atoms with Gasteiger partial charge in [0.25, 0.3) is 11.7 Å². The molecule has 1 saturated heterocycles. The molecule has 4 heterocycles. The summed E-state index contributed by atoms with van der Waals surface area (Å²) in [5, 5.41) is 60.7. The fraction of sp³-hybridized carbons (Fsp3) is 0.548. The number of aliphatic hydroxyl groups is 2.